The Bertz CT molecular complexity index is 899. The SMILES string of the molecule is CC[C@H]1OC(n2c(=O)sc3c(=O)[nH]c(C)nc32)[C@H](OC(C)=O)[C@@H]1C. The summed E-state index contributed by atoms with van der Waals surface area (Å²) in [6.45, 7) is 6.86. The topological polar surface area (TPSA) is 103 Å². The lowest BCUT2D eigenvalue weighted by atomic mass is 9.98. The molecule has 0 saturated carbocycles. The summed E-state index contributed by atoms with van der Waals surface area (Å²) < 4.78 is 13.0. The molecule has 1 saturated heterocycles. The largest absolute Gasteiger partial charge is 0.457 e. The molecule has 4 atom stereocenters. The molecule has 0 amide bonds. The molecule has 2 aromatic rings. The fraction of sp³-hybridized carbons (Fsp3) is 0.600. The highest BCUT2D eigenvalue weighted by atomic mass is 32.1. The molecule has 130 valence electrons. The van der Waals surface area contributed by atoms with E-state index in [1.54, 1.807) is 6.92 Å². The van der Waals surface area contributed by atoms with Crippen LogP contribution in [0.15, 0.2) is 9.59 Å². The predicted octanol–water partition coefficient (Wildman–Crippen LogP) is 1.33. The summed E-state index contributed by atoms with van der Waals surface area (Å²) in [5.74, 6) is -0.109. The van der Waals surface area contributed by atoms with Gasteiger partial charge in [-0.05, 0) is 13.3 Å². The zero-order valence-corrected chi connectivity index (χ0v) is 14.7. The van der Waals surface area contributed by atoms with E-state index in [0.717, 1.165) is 17.8 Å². The third-order valence-electron chi connectivity index (χ3n) is 4.25. The summed E-state index contributed by atoms with van der Waals surface area (Å²) in [6, 6.07) is 0. The van der Waals surface area contributed by atoms with Gasteiger partial charge in [0.1, 0.15) is 10.5 Å². The van der Waals surface area contributed by atoms with Crippen molar-refractivity contribution in [3.8, 4) is 0 Å². The smallest absolute Gasteiger partial charge is 0.311 e. The molecule has 0 aliphatic carbocycles. The summed E-state index contributed by atoms with van der Waals surface area (Å²) in [5.41, 5.74) is -0.0992. The van der Waals surface area contributed by atoms with Crippen molar-refractivity contribution in [1.29, 1.82) is 0 Å². The lowest BCUT2D eigenvalue weighted by molar-refractivity contribution is -0.153. The van der Waals surface area contributed by atoms with E-state index in [0.29, 0.717) is 5.82 Å². The van der Waals surface area contributed by atoms with E-state index in [4.69, 9.17) is 9.47 Å². The molecule has 1 aliphatic rings. The van der Waals surface area contributed by atoms with Crippen molar-refractivity contribution in [3.63, 3.8) is 0 Å². The van der Waals surface area contributed by atoms with Crippen LogP contribution in [-0.4, -0.2) is 32.7 Å². The second-order valence-corrected chi connectivity index (χ2v) is 6.91. The van der Waals surface area contributed by atoms with Crippen LogP contribution in [0.4, 0.5) is 0 Å². The molecule has 0 bridgehead atoms. The lowest BCUT2D eigenvalue weighted by Crippen LogP contribution is -2.33. The van der Waals surface area contributed by atoms with Crippen LogP contribution < -0.4 is 10.4 Å². The third kappa shape index (κ3) is 2.67. The number of hydrogen-bond acceptors (Lipinski definition) is 7. The number of aryl methyl sites for hydroxylation is 1. The Hall–Kier alpha value is -2.00. The third-order valence-corrected chi connectivity index (χ3v) is 5.19. The van der Waals surface area contributed by atoms with E-state index >= 15 is 0 Å². The molecule has 1 N–H and O–H groups in total. The van der Waals surface area contributed by atoms with Crippen molar-refractivity contribution in [1.82, 2.24) is 14.5 Å². The summed E-state index contributed by atoms with van der Waals surface area (Å²) >= 11 is 0.813. The molecule has 3 heterocycles. The number of ether oxygens (including phenoxy) is 2. The standard InChI is InChI=1S/C15H19N3O5S/c1-5-9-6(2)10(22-8(4)19)14(23-9)18-12-11(24-15(18)21)13(20)17-7(3)16-12/h6,9-10,14H,5H2,1-4H3,(H,16,17,20)/t6-,9-,10-,14?/m1/s1. The zero-order valence-electron chi connectivity index (χ0n) is 13.9. The average molecular weight is 353 g/mol. The number of nitrogens with one attached hydrogen (secondary N) is 1. The van der Waals surface area contributed by atoms with Crippen LogP contribution in [0.2, 0.25) is 0 Å². The number of H-pyrrole nitrogens is 1. The van der Waals surface area contributed by atoms with Crippen LogP contribution in [-0.2, 0) is 14.3 Å². The molecular formula is C15H19N3O5S. The Morgan fingerprint density at radius 1 is 1.46 bits per heavy atom. The van der Waals surface area contributed by atoms with Gasteiger partial charge >= 0.3 is 10.8 Å². The molecule has 24 heavy (non-hydrogen) atoms. The first-order chi connectivity index (χ1) is 11.3. The van der Waals surface area contributed by atoms with Crippen molar-refractivity contribution >= 4 is 27.7 Å². The molecule has 0 radical (unpaired) electrons. The van der Waals surface area contributed by atoms with Gasteiger partial charge in [0, 0.05) is 12.8 Å². The first-order valence-corrected chi connectivity index (χ1v) is 8.59. The normalized spacial score (nSPS) is 26.8. The monoisotopic (exact) mass is 353 g/mol. The maximum absolute atomic E-state index is 12.5. The second kappa shape index (κ2) is 6.14. The molecule has 8 nitrogen and oxygen atoms in total. The Morgan fingerprint density at radius 3 is 2.79 bits per heavy atom. The minimum Gasteiger partial charge on any atom is -0.457 e. The maximum Gasteiger partial charge on any atom is 0.311 e. The fourth-order valence-electron chi connectivity index (χ4n) is 3.15. The van der Waals surface area contributed by atoms with Gasteiger partial charge in [0.15, 0.2) is 18.0 Å². The Labute approximate surface area is 141 Å². The molecule has 2 aromatic heterocycles. The van der Waals surface area contributed by atoms with Crippen molar-refractivity contribution in [2.24, 2.45) is 5.92 Å². The first-order valence-electron chi connectivity index (χ1n) is 7.78. The number of carbonyl (C=O) groups is 1. The molecular weight excluding hydrogens is 334 g/mol. The van der Waals surface area contributed by atoms with E-state index in [1.165, 1.54) is 11.5 Å². The van der Waals surface area contributed by atoms with Gasteiger partial charge in [-0.3, -0.25) is 19.0 Å². The van der Waals surface area contributed by atoms with E-state index in [9.17, 15) is 14.4 Å². The maximum atomic E-state index is 12.5. The molecule has 1 aliphatic heterocycles. The molecule has 0 aromatic carbocycles. The van der Waals surface area contributed by atoms with E-state index in [1.807, 2.05) is 13.8 Å². The summed E-state index contributed by atoms with van der Waals surface area (Å²) in [4.78, 5) is 42.5. The number of rotatable bonds is 3. The number of fused-ring (bicyclic) bond motifs is 1. The van der Waals surface area contributed by atoms with Crippen molar-refractivity contribution in [3.05, 3.63) is 25.8 Å². The molecule has 9 heteroatoms. The molecule has 0 spiro atoms. The van der Waals surface area contributed by atoms with Gasteiger partial charge in [0.2, 0.25) is 0 Å². The highest BCUT2D eigenvalue weighted by Gasteiger charge is 2.45. The molecule has 1 unspecified atom stereocenters. The van der Waals surface area contributed by atoms with Gasteiger partial charge in [-0.25, -0.2) is 4.98 Å². The number of hydrogen-bond donors (Lipinski definition) is 1. The summed E-state index contributed by atoms with van der Waals surface area (Å²) in [7, 11) is 0. The van der Waals surface area contributed by atoms with Crippen LogP contribution in [0.1, 0.15) is 39.2 Å². The van der Waals surface area contributed by atoms with Crippen LogP contribution >= 0.6 is 11.3 Å². The zero-order chi connectivity index (χ0) is 17.6. The van der Waals surface area contributed by atoms with Gasteiger partial charge in [0.05, 0.1) is 6.10 Å². The summed E-state index contributed by atoms with van der Waals surface area (Å²) in [6.07, 6.45) is -0.823. The second-order valence-electron chi connectivity index (χ2n) is 5.95. The van der Waals surface area contributed by atoms with Gasteiger partial charge in [-0.15, -0.1) is 0 Å². The summed E-state index contributed by atoms with van der Waals surface area (Å²) in [5, 5.41) is 0. The van der Waals surface area contributed by atoms with Crippen LogP contribution in [0.3, 0.4) is 0 Å². The average Bonchev–Trinajstić information content (AvgIpc) is 2.97. The molecule has 3 rings (SSSR count). The van der Waals surface area contributed by atoms with E-state index < -0.39 is 18.3 Å². The van der Waals surface area contributed by atoms with Crippen LogP contribution in [0.25, 0.3) is 10.3 Å². The number of esters is 1. The van der Waals surface area contributed by atoms with Crippen molar-refractivity contribution < 1.29 is 14.3 Å². The van der Waals surface area contributed by atoms with E-state index in [2.05, 4.69) is 9.97 Å². The fourth-order valence-corrected chi connectivity index (χ4v) is 3.99. The minimum atomic E-state index is -0.788. The van der Waals surface area contributed by atoms with Gasteiger partial charge in [-0.2, -0.15) is 0 Å². The first kappa shape index (κ1) is 16.8. The van der Waals surface area contributed by atoms with Crippen molar-refractivity contribution in [2.45, 2.75) is 52.6 Å². The predicted molar refractivity (Wildman–Crippen MR) is 88.2 cm³/mol. The Morgan fingerprint density at radius 2 is 2.17 bits per heavy atom. The van der Waals surface area contributed by atoms with Crippen LogP contribution in [0.5, 0.6) is 0 Å². The number of thiazole rings is 1. The quantitative estimate of drug-likeness (QED) is 0.835. The lowest BCUT2D eigenvalue weighted by Gasteiger charge is -2.21. The number of aromatic nitrogens is 3. The van der Waals surface area contributed by atoms with Gasteiger partial charge < -0.3 is 14.5 Å². The minimum absolute atomic E-state index is 0.0751. The molecule has 1 fully saturated rings. The number of nitrogens with zero attached hydrogens (tertiary/aromatic N) is 2. The van der Waals surface area contributed by atoms with Gasteiger partial charge in [0.25, 0.3) is 5.56 Å². The van der Waals surface area contributed by atoms with Crippen LogP contribution in [0, 0.1) is 12.8 Å². The van der Waals surface area contributed by atoms with Gasteiger partial charge in [-0.1, -0.05) is 25.2 Å². The highest BCUT2D eigenvalue weighted by Crippen LogP contribution is 2.38. The number of carbonyl (C=O) groups excluding carboxylic acids is 1. The number of aromatic amines is 1. The Balaban J connectivity index is 2.17. The highest BCUT2D eigenvalue weighted by molar-refractivity contribution is 7.16. The van der Waals surface area contributed by atoms with Crippen molar-refractivity contribution in [2.75, 3.05) is 0 Å². The van der Waals surface area contributed by atoms with E-state index in [-0.39, 0.29) is 32.8 Å². The Kier molecular flexibility index (Phi) is 4.31.